The van der Waals surface area contributed by atoms with Crippen LogP contribution in [0.2, 0.25) is 0 Å². The second-order valence-electron chi connectivity index (χ2n) is 5.66. The molecule has 128 valence electrons. The Hall–Kier alpha value is -1.59. The van der Waals surface area contributed by atoms with E-state index in [1.54, 1.807) is 0 Å². The highest BCUT2D eigenvalue weighted by molar-refractivity contribution is 5.79. The van der Waals surface area contributed by atoms with E-state index in [0.717, 1.165) is 45.1 Å². The van der Waals surface area contributed by atoms with Crippen LogP contribution in [0.5, 0.6) is 0 Å². The SMILES string of the molecule is CCNC(=NCc1ccc(COCC)cc1)NCC1CCCO1. The minimum atomic E-state index is 0.316. The van der Waals surface area contributed by atoms with Crippen molar-refractivity contribution in [1.82, 2.24) is 10.6 Å². The molecular formula is C18H29N3O2. The maximum atomic E-state index is 5.63. The number of nitrogens with zero attached hydrogens (tertiary/aromatic N) is 1. The Morgan fingerprint density at radius 3 is 2.65 bits per heavy atom. The summed E-state index contributed by atoms with van der Waals surface area (Å²) in [7, 11) is 0. The van der Waals surface area contributed by atoms with Gasteiger partial charge in [0.25, 0.3) is 0 Å². The van der Waals surface area contributed by atoms with Crippen LogP contribution in [0.4, 0.5) is 0 Å². The van der Waals surface area contributed by atoms with Gasteiger partial charge < -0.3 is 20.1 Å². The number of rotatable bonds is 8. The Kier molecular flexibility index (Phi) is 7.90. The van der Waals surface area contributed by atoms with Crippen molar-refractivity contribution < 1.29 is 9.47 Å². The number of nitrogens with one attached hydrogen (secondary N) is 2. The molecule has 23 heavy (non-hydrogen) atoms. The molecule has 0 saturated carbocycles. The Bertz CT molecular complexity index is 468. The first-order chi connectivity index (χ1) is 11.3. The van der Waals surface area contributed by atoms with E-state index in [4.69, 9.17) is 9.47 Å². The molecule has 2 N–H and O–H groups in total. The first-order valence-corrected chi connectivity index (χ1v) is 8.61. The van der Waals surface area contributed by atoms with Crippen LogP contribution in [-0.4, -0.2) is 38.4 Å². The van der Waals surface area contributed by atoms with Crippen molar-refractivity contribution >= 4 is 5.96 Å². The fraction of sp³-hybridized carbons (Fsp3) is 0.611. The predicted molar refractivity (Wildman–Crippen MR) is 93.6 cm³/mol. The zero-order valence-corrected chi connectivity index (χ0v) is 14.3. The van der Waals surface area contributed by atoms with Gasteiger partial charge >= 0.3 is 0 Å². The zero-order valence-electron chi connectivity index (χ0n) is 14.3. The van der Waals surface area contributed by atoms with Gasteiger partial charge in [-0.25, -0.2) is 4.99 Å². The molecule has 0 radical (unpaired) electrons. The number of guanidine groups is 1. The lowest BCUT2D eigenvalue weighted by molar-refractivity contribution is 0.114. The van der Waals surface area contributed by atoms with Crippen molar-refractivity contribution in [3.05, 3.63) is 35.4 Å². The molecule has 1 aromatic rings. The molecule has 1 saturated heterocycles. The van der Waals surface area contributed by atoms with Gasteiger partial charge in [0.2, 0.25) is 0 Å². The summed E-state index contributed by atoms with van der Waals surface area (Å²) in [5.41, 5.74) is 2.39. The first-order valence-electron chi connectivity index (χ1n) is 8.61. The van der Waals surface area contributed by atoms with E-state index in [0.29, 0.717) is 19.3 Å². The molecule has 0 amide bonds. The number of hydrogen-bond acceptors (Lipinski definition) is 3. The molecule has 1 unspecified atom stereocenters. The monoisotopic (exact) mass is 319 g/mol. The molecule has 1 fully saturated rings. The fourth-order valence-corrected chi connectivity index (χ4v) is 2.49. The van der Waals surface area contributed by atoms with Crippen molar-refractivity contribution in [3.8, 4) is 0 Å². The smallest absolute Gasteiger partial charge is 0.191 e. The Balaban J connectivity index is 1.83. The summed E-state index contributed by atoms with van der Waals surface area (Å²) in [5, 5.41) is 6.65. The van der Waals surface area contributed by atoms with Gasteiger partial charge in [0.05, 0.1) is 19.3 Å². The van der Waals surface area contributed by atoms with Crippen LogP contribution < -0.4 is 10.6 Å². The molecule has 0 aliphatic carbocycles. The van der Waals surface area contributed by atoms with E-state index in [1.807, 2.05) is 6.92 Å². The lowest BCUT2D eigenvalue weighted by Gasteiger charge is -2.14. The first kappa shape index (κ1) is 17.8. The highest BCUT2D eigenvalue weighted by Crippen LogP contribution is 2.10. The average molecular weight is 319 g/mol. The number of aliphatic imine (C=N–C) groups is 1. The molecule has 0 bridgehead atoms. The lowest BCUT2D eigenvalue weighted by Crippen LogP contribution is -2.41. The normalized spacial score (nSPS) is 18.2. The predicted octanol–water partition coefficient (Wildman–Crippen LogP) is 2.46. The van der Waals surface area contributed by atoms with Crippen LogP contribution in [-0.2, 0) is 22.6 Å². The van der Waals surface area contributed by atoms with Gasteiger partial charge in [0.15, 0.2) is 5.96 Å². The quantitative estimate of drug-likeness (QED) is 0.571. The molecular weight excluding hydrogens is 290 g/mol. The highest BCUT2D eigenvalue weighted by atomic mass is 16.5. The van der Waals surface area contributed by atoms with Gasteiger partial charge in [0, 0.05) is 26.3 Å². The second-order valence-corrected chi connectivity index (χ2v) is 5.66. The van der Waals surface area contributed by atoms with Gasteiger partial charge in [-0.15, -0.1) is 0 Å². The van der Waals surface area contributed by atoms with Gasteiger partial charge in [-0.1, -0.05) is 24.3 Å². The molecule has 1 heterocycles. The third-order valence-corrected chi connectivity index (χ3v) is 3.78. The van der Waals surface area contributed by atoms with Crippen LogP contribution in [0, 0.1) is 0 Å². The molecule has 1 atom stereocenters. The Labute approximate surface area is 139 Å². The number of hydrogen-bond donors (Lipinski definition) is 2. The van der Waals surface area contributed by atoms with Crippen LogP contribution >= 0.6 is 0 Å². The van der Waals surface area contributed by atoms with Crippen molar-refractivity contribution in [1.29, 1.82) is 0 Å². The van der Waals surface area contributed by atoms with Crippen molar-refractivity contribution in [2.45, 2.75) is 45.9 Å². The summed E-state index contributed by atoms with van der Waals surface area (Å²) in [4.78, 5) is 4.64. The summed E-state index contributed by atoms with van der Waals surface area (Å²) in [6.45, 7) is 8.72. The molecule has 0 aromatic heterocycles. The van der Waals surface area contributed by atoms with Crippen molar-refractivity contribution in [2.24, 2.45) is 4.99 Å². The van der Waals surface area contributed by atoms with Gasteiger partial charge in [-0.3, -0.25) is 0 Å². The van der Waals surface area contributed by atoms with Gasteiger partial charge in [-0.2, -0.15) is 0 Å². The Morgan fingerprint density at radius 2 is 2.00 bits per heavy atom. The van der Waals surface area contributed by atoms with E-state index in [2.05, 4.69) is 46.8 Å². The van der Waals surface area contributed by atoms with E-state index in [1.165, 1.54) is 11.1 Å². The number of benzene rings is 1. The van der Waals surface area contributed by atoms with E-state index in [-0.39, 0.29) is 0 Å². The maximum absolute atomic E-state index is 5.63. The second kappa shape index (κ2) is 10.2. The molecule has 1 aliphatic heterocycles. The van der Waals surface area contributed by atoms with E-state index in [9.17, 15) is 0 Å². The summed E-state index contributed by atoms with van der Waals surface area (Å²) in [6, 6.07) is 8.43. The van der Waals surface area contributed by atoms with Gasteiger partial charge in [0.1, 0.15) is 0 Å². The summed E-state index contributed by atoms with van der Waals surface area (Å²) >= 11 is 0. The minimum absolute atomic E-state index is 0.316. The summed E-state index contributed by atoms with van der Waals surface area (Å²) < 4.78 is 11.0. The van der Waals surface area contributed by atoms with Crippen molar-refractivity contribution in [3.63, 3.8) is 0 Å². The summed E-state index contributed by atoms with van der Waals surface area (Å²) in [5.74, 6) is 0.849. The third-order valence-electron chi connectivity index (χ3n) is 3.78. The molecule has 5 heteroatoms. The molecule has 0 spiro atoms. The maximum Gasteiger partial charge on any atom is 0.191 e. The number of ether oxygens (including phenoxy) is 2. The topological polar surface area (TPSA) is 54.9 Å². The van der Waals surface area contributed by atoms with E-state index >= 15 is 0 Å². The molecule has 2 rings (SSSR count). The van der Waals surface area contributed by atoms with Crippen molar-refractivity contribution in [2.75, 3.05) is 26.3 Å². The molecule has 5 nitrogen and oxygen atoms in total. The minimum Gasteiger partial charge on any atom is -0.377 e. The van der Waals surface area contributed by atoms with Crippen LogP contribution in [0.25, 0.3) is 0 Å². The average Bonchev–Trinajstić information content (AvgIpc) is 3.10. The largest absolute Gasteiger partial charge is 0.377 e. The van der Waals surface area contributed by atoms with E-state index < -0.39 is 0 Å². The molecule has 1 aromatic carbocycles. The third kappa shape index (κ3) is 6.59. The van der Waals surface area contributed by atoms with Crippen LogP contribution in [0.1, 0.15) is 37.8 Å². The van der Waals surface area contributed by atoms with Gasteiger partial charge in [-0.05, 0) is 37.8 Å². The highest BCUT2D eigenvalue weighted by Gasteiger charge is 2.15. The lowest BCUT2D eigenvalue weighted by atomic mass is 10.1. The van der Waals surface area contributed by atoms with Crippen LogP contribution in [0.3, 0.4) is 0 Å². The summed E-state index contributed by atoms with van der Waals surface area (Å²) in [6.07, 6.45) is 2.61. The standard InChI is InChI=1S/C18H29N3O2/c1-3-19-18(21-13-17-6-5-11-23-17)20-12-15-7-9-16(10-8-15)14-22-4-2/h7-10,17H,3-6,11-14H2,1-2H3,(H2,19,20,21). The fourth-order valence-electron chi connectivity index (χ4n) is 2.49. The zero-order chi connectivity index (χ0) is 16.3. The van der Waals surface area contributed by atoms with Crippen LogP contribution in [0.15, 0.2) is 29.3 Å². The Morgan fingerprint density at radius 1 is 1.22 bits per heavy atom. The molecule has 1 aliphatic rings.